The molecule has 0 atom stereocenters. The van der Waals surface area contributed by atoms with Gasteiger partial charge in [0.1, 0.15) is 5.54 Å². The highest BCUT2D eigenvalue weighted by Crippen LogP contribution is 2.30. The summed E-state index contributed by atoms with van der Waals surface area (Å²) in [6, 6.07) is 5.00. The molecule has 4 heteroatoms. The Morgan fingerprint density at radius 3 is 2.41 bits per heavy atom. The number of fused-ring (bicyclic) bond motifs is 1. The Morgan fingerprint density at radius 2 is 1.82 bits per heavy atom. The molecule has 1 heterocycles. The monoisotopic (exact) mass is 291 g/mol. The van der Waals surface area contributed by atoms with Crippen LogP contribution in [-0.4, -0.2) is 22.3 Å². The van der Waals surface area contributed by atoms with Crippen LogP contribution in [0.1, 0.15) is 34.6 Å². The third-order valence-corrected chi connectivity index (χ3v) is 3.25. The highest BCUT2D eigenvalue weighted by atomic mass is 79.9. The average molecular weight is 292 g/mol. The van der Waals surface area contributed by atoms with Gasteiger partial charge in [0.25, 0.3) is 11.8 Å². The fourth-order valence-corrected chi connectivity index (χ4v) is 2.15. The van der Waals surface area contributed by atoms with Crippen molar-refractivity contribution in [2.24, 2.45) is 0 Å². The van der Waals surface area contributed by atoms with E-state index < -0.39 is 5.54 Å². The van der Waals surface area contributed by atoms with Crippen molar-refractivity contribution in [2.45, 2.75) is 19.4 Å². The molecule has 1 aromatic carbocycles. The molecule has 2 amide bonds. The van der Waals surface area contributed by atoms with E-state index in [2.05, 4.69) is 21.9 Å². The van der Waals surface area contributed by atoms with Gasteiger partial charge in [-0.3, -0.25) is 14.5 Å². The van der Waals surface area contributed by atoms with Gasteiger partial charge in [-0.1, -0.05) is 21.9 Å². The minimum absolute atomic E-state index is 0.333. The smallest absolute Gasteiger partial charge is 0.262 e. The van der Waals surface area contributed by atoms with Gasteiger partial charge in [-0.25, -0.2) is 0 Å². The molecule has 0 aliphatic carbocycles. The summed E-state index contributed by atoms with van der Waals surface area (Å²) < 4.78 is 0.762. The van der Waals surface area contributed by atoms with Crippen LogP contribution < -0.4 is 0 Å². The number of imide groups is 1. The molecule has 0 bridgehead atoms. The van der Waals surface area contributed by atoms with Crippen molar-refractivity contribution in [1.29, 1.82) is 0 Å². The molecule has 2 rings (SSSR count). The molecule has 3 nitrogen and oxygen atoms in total. The van der Waals surface area contributed by atoms with Crippen LogP contribution in [0.2, 0.25) is 0 Å². The Labute approximate surface area is 108 Å². The van der Waals surface area contributed by atoms with E-state index in [0.717, 1.165) is 9.37 Å². The summed E-state index contributed by atoms with van der Waals surface area (Å²) in [4.78, 5) is 25.4. The van der Waals surface area contributed by atoms with Gasteiger partial charge in [0.2, 0.25) is 0 Å². The third-order valence-electron chi connectivity index (χ3n) is 2.76. The Balaban J connectivity index is 2.58. The van der Waals surface area contributed by atoms with Gasteiger partial charge >= 0.3 is 0 Å². The number of benzene rings is 1. The fraction of sp³-hybridized carbons (Fsp3) is 0.231. The molecule has 0 aromatic heterocycles. The van der Waals surface area contributed by atoms with Gasteiger partial charge in [-0.15, -0.1) is 6.42 Å². The highest BCUT2D eigenvalue weighted by molar-refractivity contribution is 9.10. The molecule has 1 aliphatic heterocycles. The summed E-state index contributed by atoms with van der Waals surface area (Å²) in [6.45, 7) is 3.34. The van der Waals surface area contributed by atoms with E-state index in [4.69, 9.17) is 6.42 Å². The lowest BCUT2D eigenvalue weighted by atomic mass is 10.0. The minimum Gasteiger partial charge on any atom is -0.269 e. The van der Waals surface area contributed by atoms with Crippen LogP contribution in [0, 0.1) is 12.3 Å². The molecular formula is C13H10BrNO2. The second-order valence-corrected chi connectivity index (χ2v) is 5.25. The zero-order valence-electron chi connectivity index (χ0n) is 9.45. The number of carbonyl (C=O) groups is 2. The number of halogens is 1. The first-order valence-electron chi connectivity index (χ1n) is 5.04. The summed E-state index contributed by atoms with van der Waals surface area (Å²) in [5.41, 5.74) is -0.117. The van der Waals surface area contributed by atoms with Crippen LogP contribution in [0.5, 0.6) is 0 Å². The maximum Gasteiger partial charge on any atom is 0.262 e. The normalized spacial score (nSPS) is 14.8. The predicted molar refractivity (Wildman–Crippen MR) is 67.6 cm³/mol. The fourth-order valence-electron chi connectivity index (χ4n) is 1.79. The predicted octanol–water partition coefficient (Wildman–Crippen LogP) is 2.46. The van der Waals surface area contributed by atoms with Crippen LogP contribution in [0.3, 0.4) is 0 Å². The number of carbonyl (C=O) groups excluding carboxylic acids is 2. The molecular weight excluding hydrogens is 282 g/mol. The lowest BCUT2D eigenvalue weighted by molar-refractivity contribution is 0.0552. The first-order chi connectivity index (χ1) is 7.88. The van der Waals surface area contributed by atoms with Crippen molar-refractivity contribution in [3.63, 3.8) is 0 Å². The van der Waals surface area contributed by atoms with E-state index >= 15 is 0 Å². The third kappa shape index (κ3) is 1.67. The van der Waals surface area contributed by atoms with Gasteiger partial charge in [-0.05, 0) is 32.0 Å². The number of terminal acetylenes is 1. The standard InChI is InChI=1S/C13H10BrNO2/c1-4-13(2,3)15-11(16)9-6-5-8(14)7-10(9)12(15)17/h1,5-7H,2-3H3. The maximum atomic E-state index is 12.2. The molecule has 1 aliphatic rings. The Kier molecular flexibility index (Phi) is 2.59. The SMILES string of the molecule is C#CC(C)(C)N1C(=O)c2ccc(Br)cc2C1=O. The summed E-state index contributed by atoms with van der Waals surface area (Å²) >= 11 is 3.28. The van der Waals surface area contributed by atoms with Crippen molar-refractivity contribution in [2.75, 3.05) is 0 Å². The van der Waals surface area contributed by atoms with E-state index in [9.17, 15) is 9.59 Å². The topological polar surface area (TPSA) is 37.4 Å². The minimum atomic E-state index is -0.917. The lowest BCUT2D eigenvalue weighted by Gasteiger charge is -2.28. The zero-order chi connectivity index (χ0) is 12.8. The quantitative estimate of drug-likeness (QED) is 0.589. The summed E-state index contributed by atoms with van der Waals surface area (Å²) in [6.07, 6.45) is 5.37. The van der Waals surface area contributed by atoms with Gasteiger partial charge < -0.3 is 0 Å². The Bertz CT molecular complexity index is 569. The van der Waals surface area contributed by atoms with Crippen molar-refractivity contribution in [3.8, 4) is 12.3 Å². The van der Waals surface area contributed by atoms with E-state index in [1.165, 1.54) is 0 Å². The number of hydrogen-bond donors (Lipinski definition) is 0. The van der Waals surface area contributed by atoms with Crippen molar-refractivity contribution in [1.82, 2.24) is 4.90 Å². The number of amides is 2. The van der Waals surface area contributed by atoms with Gasteiger partial charge in [0, 0.05) is 4.47 Å². The molecule has 0 saturated carbocycles. The second kappa shape index (κ2) is 3.71. The largest absolute Gasteiger partial charge is 0.269 e. The van der Waals surface area contributed by atoms with Crippen molar-refractivity contribution < 1.29 is 9.59 Å². The first kappa shape index (κ1) is 11.9. The van der Waals surface area contributed by atoms with Gasteiger partial charge in [-0.2, -0.15) is 0 Å². The highest BCUT2D eigenvalue weighted by Gasteiger charge is 2.43. The molecule has 0 fully saturated rings. The van der Waals surface area contributed by atoms with E-state index in [1.807, 2.05) is 0 Å². The molecule has 17 heavy (non-hydrogen) atoms. The van der Waals surface area contributed by atoms with Crippen LogP contribution in [-0.2, 0) is 0 Å². The molecule has 86 valence electrons. The number of hydrogen-bond acceptors (Lipinski definition) is 2. The van der Waals surface area contributed by atoms with Gasteiger partial charge in [0.05, 0.1) is 11.1 Å². The lowest BCUT2D eigenvalue weighted by Crippen LogP contribution is -2.46. The van der Waals surface area contributed by atoms with E-state index in [-0.39, 0.29) is 11.8 Å². The molecule has 0 unspecified atom stereocenters. The maximum absolute atomic E-state index is 12.2. The van der Waals surface area contributed by atoms with Crippen molar-refractivity contribution >= 4 is 27.7 Å². The summed E-state index contributed by atoms with van der Waals surface area (Å²) in [5, 5.41) is 0. The van der Waals surface area contributed by atoms with Crippen molar-refractivity contribution in [3.05, 3.63) is 33.8 Å². The summed E-state index contributed by atoms with van der Waals surface area (Å²) in [7, 11) is 0. The average Bonchev–Trinajstić information content (AvgIpc) is 2.52. The molecule has 1 aromatic rings. The van der Waals surface area contributed by atoms with Crippen LogP contribution >= 0.6 is 15.9 Å². The molecule has 0 radical (unpaired) electrons. The van der Waals surface area contributed by atoms with Crippen LogP contribution in [0.25, 0.3) is 0 Å². The van der Waals surface area contributed by atoms with Crippen LogP contribution in [0.4, 0.5) is 0 Å². The van der Waals surface area contributed by atoms with E-state index in [1.54, 1.807) is 32.0 Å². The van der Waals surface area contributed by atoms with E-state index in [0.29, 0.717) is 11.1 Å². The summed E-state index contributed by atoms with van der Waals surface area (Å²) in [5.74, 6) is 1.79. The number of rotatable bonds is 1. The second-order valence-electron chi connectivity index (χ2n) is 4.34. The zero-order valence-corrected chi connectivity index (χ0v) is 11.0. The van der Waals surface area contributed by atoms with Crippen LogP contribution in [0.15, 0.2) is 22.7 Å². The molecule has 0 spiro atoms. The molecule has 0 N–H and O–H groups in total. The van der Waals surface area contributed by atoms with Gasteiger partial charge in [0.15, 0.2) is 0 Å². The number of nitrogens with zero attached hydrogens (tertiary/aromatic N) is 1. The molecule has 0 saturated heterocycles. The Hall–Kier alpha value is -1.60. The Morgan fingerprint density at radius 1 is 1.24 bits per heavy atom. The first-order valence-corrected chi connectivity index (χ1v) is 5.84.